The molecule has 7 nitrogen and oxygen atoms in total. The first-order valence-electron chi connectivity index (χ1n) is 7.67. The molecule has 0 aliphatic heterocycles. The third kappa shape index (κ3) is 3.95. The first kappa shape index (κ1) is 16.9. The number of benzene rings is 2. The molecule has 8 heteroatoms. The van der Waals surface area contributed by atoms with Gasteiger partial charge in [-0.05, 0) is 47.2 Å². The molecule has 3 aromatic rings. The molecule has 1 heterocycles. The lowest BCUT2D eigenvalue weighted by molar-refractivity contribution is -0.122. The van der Waals surface area contributed by atoms with Gasteiger partial charge in [-0.3, -0.25) is 4.79 Å². The summed E-state index contributed by atoms with van der Waals surface area (Å²) in [7, 11) is 0. The van der Waals surface area contributed by atoms with E-state index in [0.717, 1.165) is 14.9 Å². The van der Waals surface area contributed by atoms with Gasteiger partial charge in [0.15, 0.2) is 0 Å². The van der Waals surface area contributed by atoms with Gasteiger partial charge >= 0.3 is 5.69 Å². The van der Waals surface area contributed by atoms with Crippen molar-refractivity contribution < 1.29 is 4.79 Å². The van der Waals surface area contributed by atoms with Crippen LogP contribution in [0.25, 0.3) is 5.69 Å². The molecule has 1 unspecified atom stereocenters. The highest BCUT2D eigenvalue weighted by atomic mass is 35.5. The Hall–Kier alpha value is -2.93. The van der Waals surface area contributed by atoms with Gasteiger partial charge in [0, 0.05) is 5.02 Å². The molecule has 0 saturated carbocycles. The quantitative estimate of drug-likeness (QED) is 0.756. The zero-order chi connectivity index (χ0) is 17.8. The fourth-order valence-corrected chi connectivity index (χ4v) is 2.59. The summed E-state index contributed by atoms with van der Waals surface area (Å²) in [5, 5.41) is 11.0. The zero-order valence-electron chi connectivity index (χ0n) is 13.5. The Morgan fingerprint density at radius 1 is 1.16 bits per heavy atom. The van der Waals surface area contributed by atoms with Crippen LogP contribution in [0.5, 0.6) is 0 Å². The van der Waals surface area contributed by atoms with E-state index in [-0.39, 0.29) is 18.5 Å². The number of carbonyl (C=O) groups is 1. The molecule has 2 aromatic carbocycles. The fourth-order valence-electron chi connectivity index (χ4n) is 2.39. The molecule has 3 rings (SSSR count). The Morgan fingerprint density at radius 2 is 1.92 bits per heavy atom. The molecule has 0 aliphatic carbocycles. The second-order valence-corrected chi connectivity index (χ2v) is 5.95. The number of nitrogens with zero attached hydrogens (tertiary/aromatic N) is 4. The van der Waals surface area contributed by atoms with Gasteiger partial charge in [0.2, 0.25) is 5.91 Å². The van der Waals surface area contributed by atoms with E-state index < -0.39 is 5.69 Å². The van der Waals surface area contributed by atoms with E-state index in [0.29, 0.717) is 10.7 Å². The maximum atomic E-state index is 12.3. The number of nitrogens with one attached hydrogen (secondary N) is 1. The highest BCUT2D eigenvalue weighted by molar-refractivity contribution is 6.30. The monoisotopic (exact) mass is 357 g/mol. The van der Waals surface area contributed by atoms with Crippen LogP contribution < -0.4 is 11.0 Å². The van der Waals surface area contributed by atoms with Gasteiger partial charge in [-0.1, -0.05) is 41.9 Å². The SMILES string of the molecule is CC(NC(=O)Cn1nnn(-c2ccccc2)c1=O)c1cccc(Cl)c1. The second kappa shape index (κ2) is 7.31. The van der Waals surface area contributed by atoms with Crippen molar-refractivity contribution >= 4 is 17.5 Å². The summed E-state index contributed by atoms with van der Waals surface area (Å²) in [4.78, 5) is 24.5. The summed E-state index contributed by atoms with van der Waals surface area (Å²) in [6, 6.07) is 15.9. The Balaban J connectivity index is 1.70. The Kier molecular flexibility index (Phi) is 4.95. The average molecular weight is 358 g/mol. The zero-order valence-corrected chi connectivity index (χ0v) is 14.2. The highest BCUT2D eigenvalue weighted by Gasteiger charge is 2.14. The Morgan fingerprint density at radius 3 is 2.64 bits per heavy atom. The van der Waals surface area contributed by atoms with Gasteiger partial charge in [-0.15, -0.1) is 0 Å². The van der Waals surface area contributed by atoms with Gasteiger partial charge in [0.25, 0.3) is 0 Å². The van der Waals surface area contributed by atoms with E-state index in [9.17, 15) is 9.59 Å². The molecule has 0 bridgehead atoms. The van der Waals surface area contributed by atoms with Crippen LogP contribution in [0.1, 0.15) is 18.5 Å². The summed E-state index contributed by atoms with van der Waals surface area (Å²) < 4.78 is 2.17. The molecular weight excluding hydrogens is 342 g/mol. The number of rotatable bonds is 5. The molecule has 128 valence electrons. The molecule has 1 N–H and O–H groups in total. The van der Waals surface area contributed by atoms with Crippen molar-refractivity contribution in [3.63, 3.8) is 0 Å². The highest BCUT2D eigenvalue weighted by Crippen LogP contribution is 2.17. The van der Waals surface area contributed by atoms with E-state index in [1.807, 2.05) is 25.1 Å². The van der Waals surface area contributed by atoms with Gasteiger partial charge < -0.3 is 5.32 Å². The third-order valence-corrected chi connectivity index (χ3v) is 3.89. The Bertz CT molecular complexity index is 935. The maximum Gasteiger partial charge on any atom is 0.368 e. The van der Waals surface area contributed by atoms with Crippen LogP contribution in [0.15, 0.2) is 59.4 Å². The summed E-state index contributed by atoms with van der Waals surface area (Å²) in [6.45, 7) is 1.63. The minimum Gasteiger partial charge on any atom is -0.348 e. The van der Waals surface area contributed by atoms with E-state index >= 15 is 0 Å². The normalized spacial score (nSPS) is 11.9. The number of amides is 1. The van der Waals surface area contributed by atoms with Crippen molar-refractivity contribution in [2.45, 2.75) is 19.5 Å². The maximum absolute atomic E-state index is 12.3. The largest absolute Gasteiger partial charge is 0.368 e. The van der Waals surface area contributed by atoms with E-state index in [1.54, 1.807) is 36.4 Å². The van der Waals surface area contributed by atoms with Crippen molar-refractivity contribution in [1.29, 1.82) is 0 Å². The molecular formula is C17H16ClN5O2. The minimum atomic E-state index is -0.475. The third-order valence-electron chi connectivity index (χ3n) is 3.66. The number of para-hydroxylation sites is 1. The molecule has 1 atom stereocenters. The average Bonchev–Trinajstić information content (AvgIpc) is 2.96. The van der Waals surface area contributed by atoms with Crippen LogP contribution in [0.2, 0.25) is 5.02 Å². The summed E-state index contributed by atoms with van der Waals surface area (Å²) in [5.74, 6) is -0.338. The van der Waals surface area contributed by atoms with Gasteiger partial charge in [0.1, 0.15) is 6.54 Å². The van der Waals surface area contributed by atoms with Crippen molar-refractivity contribution in [2.75, 3.05) is 0 Å². The van der Waals surface area contributed by atoms with Crippen LogP contribution in [0, 0.1) is 0 Å². The van der Waals surface area contributed by atoms with Crippen molar-refractivity contribution in [3.05, 3.63) is 75.7 Å². The van der Waals surface area contributed by atoms with Crippen LogP contribution in [-0.2, 0) is 11.3 Å². The molecule has 0 spiro atoms. The van der Waals surface area contributed by atoms with Gasteiger partial charge in [-0.25, -0.2) is 4.79 Å². The van der Waals surface area contributed by atoms with E-state index in [1.165, 1.54) is 0 Å². The molecule has 0 radical (unpaired) electrons. The molecule has 25 heavy (non-hydrogen) atoms. The molecule has 0 saturated heterocycles. The van der Waals surface area contributed by atoms with Crippen LogP contribution in [-0.4, -0.2) is 25.7 Å². The molecule has 0 aliphatic rings. The molecule has 1 amide bonds. The van der Waals surface area contributed by atoms with E-state index in [2.05, 4.69) is 15.7 Å². The first-order valence-corrected chi connectivity index (χ1v) is 8.05. The fraction of sp³-hybridized carbons (Fsp3) is 0.176. The topological polar surface area (TPSA) is 81.8 Å². The van der Waals surface area contributed by atoms with Crippen LogP contribution in [0.3, 0.4) is 0 Å². The lowest BCUT2D eigenvalue weighted by Crippen LogP contribution is -2.34. The van der Waals surface area contributed by atoms with Crippen LogP contribution in [0.4, 0.5) is 0 Å². The van der Waals surface area contributed by atoms with E-state index in [4.69, 9.17) is 11.6 Å². The molecule has 0 fully saturated rings. The number of aromatic nitrogens is 4. The van der Waals surface area contributed by atoms with Gasteiger partial charge in [-0.2, -0.15) is 9.36 Å². The van der Waals surface area contributed by atoms with Crippen molar-refractivity contribution in [2.24, 2.45) is 0 Å². The number of halogens is 1. The minimum absolute atomic E-state index is 0.212. The molecule has 1 aromatic heterocycles. The predicted molar refractivity (Wildman–Crippen MR) is 93.6 cm³/mol. The standard InChI is InChI=1S/C17H16ClN5O2/c1-12(13-6-5-7-14(18)10-13)19-16(24)11-22-17(25)23(21-20-22)15-8-3-2-4-9-15/h2-10,12H,11H2,1H3,(H,19,24). The van der Waals surface area contributed by atoms with Crippen molar-refractivity contribution in [1.82, 2.24) is 25.1 Å². The summed E-state index contributed by atoms with van der Waals surface area (Å²) in [5.41, 5.74) is 0.990. The number of hydrogen-bond donors (Lipinski definition) is 1. The van der Waals surface area contributed by atoms with Crippen molar-refractivity contribution in [3.8, 4) is 5.69 Å². The number of tetrazole rings is 1. The summed E-state index contributed by atoms with van der Waals surface area (Å²) >= 11 is 5.96. The smallest absolute Gasteiger partial charge is 0.348 e. The number of carbonyl (C=O) groups excluding carboxylic acids is 1. The summed E-state index contributed by atoms with van der Waals surface area (Å²) in [6.07, 6.45) is 0. The Labute approximate surface area is 148 Å². The van der Waals surface area contributed by atoms with Gasteiger partial charge in [0.05, 0.1) is 11.7 Å². The first-order chi connectivity index (χ1) is 12.0. The lowest BCUT2D eigenvalue weighted by atomic mass is 10.1. The predicted octanol–water partition coefficient (Wildman–Crippen LogP) is 1.96. The lowest BCUT2D eigenvalue weighted by Gasteiger charge is -2.14. The number of hydrogen-bond acceptors (Lipinski definition) is 4. The van der Waals surface area contributed by atoms with Crippen LogP contribution >= 0.6 is 11.6 Å². The second-order valence-electron chi connectivity index (χ2n) is 5.51.